The molecule has 0 aliphatic rings. The number of carbonyl (C=O) groups excluding carboxylic acids is 1. The van der Waals surface area contributed by atoms with Gasteiger partial charge in [0, 0.05) is 11.1 Å². The molecule has 0 aliphatic heterocycles. The number of halogens is 1. The lowest BCUT2D eigenvalue weighted by Crippen LogP contribution is -2.25. The standard InChI is InChI=1S/C20H18BrN3O2/c1-26-19-10-9-14(11-17(19)21)12-23-24-20(25)13-22-18-8-4-6-15-5-2-3-7-16(15)18/h2-12,22H,13H2,1H3,(H,24,25)/b23-12-. The Morgan fingerprint density at radius 1 is 1.15 bits per heavy atom. The highest BCUT2D eigenvalue weighted by atomic mass is 79.9. The molecule has 0 radical (unpaired) electrons. The minimum atomic E-state index is -0.221. The number of rotatable bonds is 6. The molecule has 5 nitrogen and oxygen atoms in total. The van der Waals surface area contributed by atoms with Gasteiger partial charge >= 0.3 is 0 Å². The molecule has 3 rings (SSSR count). The van der Waals surface area contributed by atoms with Gasteiger partial charge in [0.1, 0.15) is 5.75 Å². The van der Waals surface area contributed by atoms with Crippen molar-refractivity contribution in [2.24, 2.45) is 5.10 Å². The van der Waals surface area contributed by atoms with E-state index in [4.69, 9.17) is 4.74 Å². The predicted molar refractivity (Wildman–Crippen MR) is 109 cm³/mol. The number of hydrogen-bond acceptors (Lipinski definition) is 4. The van der Waals surface area contributed by atoms with Crippen molar-refractivity contribution in [2.75, 3.05) is 19.0 Å². The third-order valence-electron chi connectivity index (χ3n) is 3.81. The number of fused-ring (bicyclic) bond motifs is 1. The zero-order valence-corrected chi connectivity index (χ0v) is 15.8. The number of hydrazone groups is 1. The van der Waals surface area contributed by atoms with Gasteiger partial charge in [-0.1, -0.05) is 36.4 Å². The Kier molecular flexibility index (Phi) is 5.86. The molecule has 26 heavy (non-hydrogen) atoms. The number of anilines is 1. The van der Waals surface area contributed by atoms with Crippen LogP contribution >= 0.6 is 15.9 Å². The fraction of sp³-hybridized carbons (Fsp3) is 0.100. The van der Waals surface area contributed by atoms with Crippen LogP contribution in [0.4, 0.5) is 5.69 Å². The van der Waals surface area contributed by atoms with E-state index in [1.807, 2.05) is 60.7 Å². The van der Waals surface area contributed by atoms with E-state index in [9.17, 15) is 4.79 Å². The molecule has 132 valence electrons. The monoisotopic (exact) mass is 411 g/mol. The van der Waals surface area contributed by atoms with E-state index in [2.05, 4.69) is 31.8 Å². The van der Waals surface area contributed by atoms with Gasteiger partial charge in [-0.05, 0) is 51.1 Å². The summed E-state index contributed by atoms with van der Waals surface area (Å²) in [4.78, 5) is 12.0. The molecule has 6 heteroatoms. The second-order valence-corrected chi connectivity index (χ2v) is 6.42. The van der Waals surface area contributed by atoms with Crippen LogP contribution in [-0.2, 0) is 4.79 Å². The molecule has 2 N–H and O–H groups in total. The van der Waals surface area contributed by atoms with Crippen molar-refractivity contribution in [1.29, 1.82) is 0 Å². The lowest BCUT2D eigenvalue weighted by Gasteiger charge is -2.08. The van der Waals surface area contributed by atoms with Gasteiger partial charge in [-0.3, -0.25) is 4.79 Å². The first kappa shape index (κ1) is 17.9. The summed E-state index contributed by atoms with van der Waals surface area (Å²) < 4.78 is 6.00. The van der Waals surface area contributed by atoms with Crippen molar-refractivity contribution in [1.82, 2.24) is 5.43 Å². The quantitative estimate of drug-likeness (QED) is 0.472. The summed E-state index contributed by atoms with van der Waals surface area (Å²) in [5, 5.41) is 9.34. The smallest absolute Gasteiger partial charge is 0.259 e. The van der Waals surface area contributed by atoms with Crippen LogP contribution in [-0.4, -0.2) is 25.8 Å². The maximum atomic E-state index is 12.0. The molecule has 3 aromatic rings. The molecule has 0 aliphatic carbocycles. The van der Waals surface area contributed by atoms with E-state index in [-0.39, 0.29) is 12.5 Å². The Balaban J connectivity index is 1.56. The SMILES string of the molecule is COc1ccc(/C=N\NC(=O)CNc2cccc3ccccc23)cc1Br. The molecule has 0 bridgehead atoms. The number of amides is 1. The summed E-state index contributed by atoms with van der Waals surface area (Å²) >= 11 is 3.41. The van der Waals surface area contributed by atoms with Crippen LogP contribution in [0.25, 0.3) is 10.8 Å². The minimum Gasteiger partial charge on any atom is -0.496 e. The van der Waals surface area contributed by atoms with E-state index in [0.29, 0.717) is 0 Å². The van der Waals surface area contributed by atoms with Crippen LogP contribution in [0.3, 0.4) is 0 Å². The Morgan fingerprint density at radius 2 is 1.96 bits per heavy atom. The van der Waals surface area contributed by atoms with Crippen molar-refractivity contribution in [3.05, 3.63) is 70.7 Å². The van der Waals surface area contributed by atoms with Crippen LogP contribution in [0.5, 0.6) is 5.75 Å². The van der Waals surface area contributed by atoms with Gasteiger partial charge in [-0.25, -0.2) is 5.43 Å². The van der Waals surface area contributed by atoms with E-state index in [1.165, 1.54) is 0 Å². The second-order valence-electron chi connectivity index (χ2n) is 5.57. The highest BCUT2D eigenvalue weighted by molar-refractivity contribution is 9.10. The summed E-state index contributed by atoms with van der Waals surface area (Å²) in [6.45, 7) is 0.137. The number of carbonyl (C=O) groups is 1. The number of methoxy groups -OCH3 is 1. The molecule has 0 fully saturated rings. The van der Waals surface area contributed by atoms with E-state index >= 15 is 0 Å². The molecule has 0 unspecified atom stereocenters. The lowest BCUT2D eigenvalue weighted by molar-refractivity contribution is -0.119. The van der Waals surface area contributed by atoms with Crippen molar-refractivity contribution < 1.29 is 9.53 Å². The van der Waals surface area contributed by atoms with Crippen LogP contribution in [0, 0.1) is 0 Å². The Bertz CT molecular complexity index is 951. The van der Waals surface area contributed by atoms with E-state index in [0.717, 1.165) is 32.2 Å². The average molecular weight is 412 g/mol. The topological polar surface area (TPSA) is 62.7 Å². The van der Waals surface area contributed by atoms with Crippen molar-refractivity contribution in [2.45, 2.75) is 0 Å². The van der Waals surface area contributed by atoms with Gasteiger partial charge in [-0.15, -0.1) is 0 Å². The summed E-state index contributed by atoms with van der Waals surface area (Å²) in [7, 11) is 1.61. The maximum Gasteiger partial charge on any atom is 0.259 e. The average Bonchev–Trinajstić information content (AvgIpc) is 2.66. The molecule has 0 heterocycles. The number of benzene rings is 3. The number of nitrogens with zero attached hydrogens (tertiary/aromatic N) is 1. The maximum absolute atomic E-state index is 12.0. The highest BCUT2D eigenvalue weighted by Crippen LogP contribution is 2.25. The van der Waals surface area contributed by atoms with Gasteiger partial charge in [0.25, 0.3) is 5.91 Å². The summed E-state index contributed by atoms with van der Waals surface area (Å²) in [6, 6.07) is 19.5. The van der Waals surface area contributed by atoms with Gasteiger partial charge in [0.15, 0.2) is 0 Å². The largest absolute Gasteiger partial charge is 0.496 e. The van der Waals surface area contributed by atoms with Crippen LogP contribution < -0.4 is 15.5 Å². The first-order valence-electron chi connectivity index (χ1n) is 8.04. The summed E-state index contributed by atoms with van der Waals surface area (Å²) in [5.74, 6) is 0.521. The highest BCUT2D eigenvalue weighted by Gasteiger charge is 2.03. The molecule has 0 atom stereocenters. The molecular weight excluding hydrogens is 394 g/mol. The fourth-order valence-electron chi connectivity index (χ4n) is 2.54. The minimum absolute atomic E-state index is 0.137. The first-order chi connectivity index (χ1) is 12.7. The second kappa shape index (κ2) is 8.49. The van der Waals surface area contributed by atoms with Crippen LogP contribution in [0.15, 0.2) is 70.2 Å². The number of hydrogen-bond donors (Lipinski definition) is 2. The lowest BCUT2D eigenvalue weighted by atomic mass is 10.1. The van der Waals surface area contributed by atoms with Crippen molar-refractivity contribution in [3.8, 4) is 5.75 Å². The predicted octanol–water partition coefficient (Wildman–Crippen LogP) is 4.17. The van der Waals surface area contributed by atoms with Crippen LogP contribution in [0.1, 0.15) is 5.56 Å². The molecular formula is C20H18BrN3O2. The Morgan fingerprint density at radius 3 is 2.77 bits per heavy atom. The van der Waals surface area contributed by atoms with Crippen LogP contribution in [0.2, 0.25) is 0 Å². The summed E-state index contributed by atoms with van der Waals surface area (Å²) in [6.07, 6.45) is 1.58. The molecule has 0 aromatic heterocycles. The van der Waals surface area contributed by atoms with Gasteiger partial charge < -0.3 is 10.1 Å². The fourth-order valence-corrected chi connectivity index (χ4v) is 3.09. The zero-order valence-electron chi connectivity index (χ0n) is 14.2. The van der Waals surface area contributed by atoms with Gasteiger partial charge in [0.2, 0.25) is 0 Å². The third-order valence-corrected chi connectivity index (χ3v) is 4.43. The number of ether oxygens (including phenoxy) is 1. The molecule has 3 aromatic carbocycles. The Labute approximate surface area is 160 Å². The third kappa shape index (κ3) is 4.40. The first-order valence-corrected chi connectivity index (χ1v) is 8.84. The normalized spacial score (nSPS) is 10.8. The molecule has 1 amide bonds. The van der Waals surface area contributed by atoms with Crippen molar-refractivity contribution in [3.63, 3.8) is 0 Å². The van der Waals surface area contributed by atoms with E-state index < -0.39 is 0 Å². The number of nitrogens with one attached hydrogen (secondary N) is 2. The molecule has 0 saturated carbocycles. The zero-order chi connectivity index (χ0) is 18.4. The van der Waals surface area contributed by atoms with Crippen molar-refractivity contribution >= 4 is 44.5 Å². The van der Waals surface area contributed by atoms with Gasteiger partial charge in [0.05, 0.1) is 24.3 Å². The molecule has 0 spiro atoms. The van der Waals surface area contributed by atoms with E-state index in [1.54, 1.807) is 13.3 Å². The summed E-state index contributed by atoms with van der Waals surface area (Å²) in [5.41, 5.74) is 4.28. The molecule has 0 saturated heterocycles. The van der Waals surface area contributed by atoms with Gasteiger partial charge in [-0.2, -0.15) is 5.10 Å². The Hall–Kier alpha value is -2.86.